The van der Waals surface area contributed by atoms with Gasteiger partial charge in [0, 0.05) is 0 Å². The summed E-state index contributed by atoms with van der Waals surface area (Å²) in [4.78, 5) is 21.5. The Hall–Kier alpha value is -1.87. The molecule has 0 atom stereocenters. The smallest absolute Gasteiger partial charge is 0.340 e. The first-order valence-electron chi connectivity index (χ1n) is 5.10. The van der Waals surface area contributed by atoms with Gasteiger partial charge in [0.25, 0.3) is 0 Å². The van der Waals surface area contributed by atoms with E-state index in [0.29, 0.717) is 0 Å². The number of hydrogen-bond donors (Lipinski definition) is 2. The second-order valence-corrected chi connectivity index (χ2v) is 5.33. The van der Waals surface area contributed by atoms with Gasteiger partial charge in [0.1, 0.15) is 28.5 Å². The van der Waals surface area contributed by atoms with E-state index >= 15 is 0 Å². The van der Waals surface area contributed by atoms with Crippen molar-refractivity contribution in [1.82, 2.24) is 4.72 Å². The van der Waals surface area contributed by atoms with Crippen molar-refractivity contribution in [2.75, 3.05) is 13.7 Å². The largest absolute Gasteiger partial charge is 0.478 e. The maximum absolute atomic E-state index is 12.0. The number of hydrogen-bond acceptors (Lipinski definition) is 6. The van der Waals surface area contributed by atoms with E-state index in [1.54, 1.807) is 0 Å². The number of nitrogens with one attached hydrogen (secondary N) is 1. The standard InChI is InChI=1S/C10H13NO7S/c1-5-8(10(13)14)9(6(2)18-5)19(15,16)11-4-7(12)17-3/h11H,4H2,1-3H3,(H,13,14). The minimum Gasteiger partial charge on any atom is -0.478 e. The molecule has 0 amide bonds. The molecule has 0 radical (unpaired) electrons. The average Bonchev–Trinajstić information content (AvgIpc) is 2.61. The number of sulfonamides is 1. The number of carboxylic acid groups (broad SMARTS) is 1. The normalized spacial score (nSPS) is 11.3. The molecule has 1 aromatic rings. The quantitative estimate of drug-likeness (QED) is 0.734. The van der Waals surface area contributed by atoms with E-state index in [9.17, 15) is 18.0 Å². The summed E-state index contributed by atoms with van der Waals surface area (Å²) in [5.74, 6) is -2.30. The summed E-state index contributed by atoms with van der Waals surface area (Å²) < 4.78 is 35.2. The average molecular weight is 291 g/mol. The fourth-order valence-electron chi connectivity index (χ4n) is 1.53. The van der Waals surface area contributed by atoms with E-state index < -0.39 is 39.0 Å². The molecule has 0 saturated carbocycles. The maximum atomic E-state index is 12.0. The lowest BCUT2D eigenvalue weighted by molar-refractivity contribution is -0.139. The minimum atomic E-state index is -4.18. The molecule has 0 unspecified atom stereocenters. The Labute approximate surface area is 109 Å². The first kappa shape index (κ1) is 15.2. The van der Waals surface area contributed by atoms with Gasteiger partial charge in [-0.05, 0) is 13.8 Å². The van der Waals surface area contributed by atoms with Crippen molar-refractivity contribution in [2.45, 2.75) is 18.7 Å². The van der Waals surface area contributed by atoms with Gasteiger partial charge in [-0.15, -0.1) is 0 Å². The van der Waals surface area contributed by atoms with Gasteiger partial charge in [-0.25, -0.2) is 13.2 Å². The van der Waals surface area contributed by atoms with Crippen LogP contribution in [0.3, 0.4) is 0 Å². The van der Waals surface area contributed by atoms with Crippen LogP contribution >= 0.6 is 0 Å². The number of carbonyl (C=O) groups is 2. The summed E-state index contributed by atoms with van der Waals surface area (Å²) in [6.07, 6.45) is 0. The molecule has 0 aliphatic rings. The molecule has 9 heteroatoms. The van der Waals surface area contributed by atoms with Gasteiger partial charge < -0.3 is 14.3 Å². The van der Waals surface area contributed by atoms with Gasteiger partial charge in [-0.3, -0.25) is 4.79 Å². The zero-order chi connectivity index (χ0) is 14.8. The Morgan fingerprint density at radius 2 is 1.89 bits per heavy atom. The van der Waals surface area contributed by atoms with Crippen LogP contribution in [0.5, 0.6) is 0 Å². The Morgan fingerprint density at radius 3 is 2.37 bits per heavy atom. The molecule has 0 aliphatic carbocycles. The van der Waals surface area contributed by atoms with Crippen LogP contribution in [0.25, 0.3) is 0 Å². The Kier molecular flexibility index (Phi) is 4.32. The summed E-state index contributed by atoms with van der Waals surface area (Å²) in [7, 11) is -3.07. The van der Waals surface area contributed by atoms with Gasteiger partial charge >= 0.3 is 11.9 Å². The maximum Gasteiger partial charge on any atom is 0.340 e. The van der Waals surface area contributed by atoms with Crippen LogP contribution in [0.2, 0.25) is 0 Å². The number of esters is 1. The number of aryl methyl sites for hydroxylation is 2. The molecule has 0 fully saturated rings. The molecule has 106 valence electrons. The molecule has 2 N–H and O–H groups in total. The number of ether oxygens (including phenoxy) is 1. The molecule has 8 nitrogen and oxygen atoms in total. The van der Waals surface area contributed by atoms with Crippen LogP contribution in [0, 0.1) is 13.8 Å². The van der Waals surface area contributed by atoms with E-state index in [1.807, 2.05) is 4.72 Å². The first-order chi connectivity index (χ1) is 8.70. The molecule has 1 aromatic heterocycles. The number of carbonyl (C=O) groups excluding carboxylic acids is 1. The van der Waals surface area contributed by atoms with Crippen LogP contribution in [-0.2, 0) is 19.6 Å². The van der Waals surface area contributed by atoms with Crippen molar-refractivity contribution in [3.8, 4) is 0 Å². The Bertz CT molecular complexity index is 614. The van der Waals surface area contributed by atoms with Crippen LogP contribution in [0.15, 0.2) is 9.31 Å². The number of methoxy groups -OCH3 is 1. The molecule has 1 rings (SSSR count). The van der Waals surface area contributed by atoms with Gasteiger partial charge in [0.15, 0.2) is 0 Å². The third-order valence-corrected chi connectivity index (χ3v) is 3.88. The summed E-state index contributed by atoms with van der Waals surface area (Å²) in [5, 5.41) is 9.00. The van der Waals surface area contributed by atoms with E-state index in [1.165, 1.54) is 13.8 Å². The zero-order valence-electron chi connectivity index (χ0n) is 10.5. The Morgan fingerprint density at radius 1 is 1.32 bits per heavy atom. The SMILES string of the molecule is COC(=O)CNS(=O)(=O)c1c(C)oc(C)c1C(=O)O. The number of rotatable bonds is 5. The van der Waals surface area contributed by atoms with E-state index in [-0.39, 0.29) is 11.5 Å². The van der Waals surface area contributed by atoms with Gasteiger partial charge in [-0.1, -0.05) is 0 Å². The van der Waals surface area contributed by atoms with Crippen LogP contribution in [0.4, 0.5) is 0 Å². The van der Waals surface area contributed by atoms with Crippen molar-refractivity contribution in [2.24, 2.45) is 0 Å². The third kappa shape index (κ3) is 3.12. The number of aromatic carboxylic acids is 1. The summed E-state index contributed by atoms with van der Waals surface area (Å²) >= 11 is 0. The van der Waals surface area contributed by atoms with Gasteiger partial charge in [0.2, 0.25) is 10.0 Å². The summed E-state index contributed by atoms with van der Waals surface area (Å²) in [5.41, 5.74) is -0.449. The Balaban J connectivity index is 3.22. The molecular weight excluding hydrogens is 278 g/mol. The highest BCUT2D eigenvalue weighted by atomic mass is 32.2. The van der Waals surface area contributed by atoms with Gasteiger partial charge in [-0.2, -0.15) is 4.72 Å². The highest BCUT2D eigenvalue weighted by Gasteiger charge is 2.31. The molecule has 19 heavy (non-hydrogen) atoms. The molecule has 0 bridgehead atoms. The third-order valence-electron chi connectivity index (χ3n) is 2.32. The predicted octanol–water partition coefficient (Wildman–Crippen LogP) is 0.0459. The number of furan rings is 1. The highest BCUT2D eigenvalue weighted by molar-refractivity contribution is 7.89. The first-order valence-corrected chi connectivity index (χ1v) is 6.58. The topological polar surface area (TPSA) is 123 Å². The summed E-state index contributed by atoms with van der Waals surface area (Å²) in [6.45, 7) is 2.07. The van der Waals surface area contributed by atoms with Crippen molar-refractivity contribution < 1.29 is 32.3 Å². The fraction of sp³-hybridized carbons (Fsp3) is 0.400. The van der Waals surface area contributed by atoms with Crippen molar-refractivity contribution in [3.63, 3.8) is 0 Å². The summed E-state index contributed by atoms with van der Waals surface area (Å²) in [6, 6.07) is 0. The number of carboxylic acids is 1. The van der Waals surface area contributed by atoms with E-state index in [0.717, 1.165) is 7.11 Å². The van der Waals surface area contributed by atoms with Crippen molar-refractivity contribution in [3.05, 3.63) is 17.1 Å². The van der Waals surface area contributed by atoms with E-state index in [2.05, 4.69) is 4.74 Å². The van der Waals surface area contributed by atoms with Crippen LogP contribution in [0.1, 0.15) is 21.9 Å². The second-order valence-electron chi connectivity index (χ2n) is 3.62. The lowest BCUT2D eigenvalue weighted by atomic mass is 10.2. The van der Waals surface area contributed by atoms with Crippen molar-refractivity contribution in [1.29, 1.82) is 0 Å². The van der Waals surface area contributed by atoms with Crippen LogP contribution in [-0.4, -0.2) is 39.1 Å². The fourth-order valence-corrected chi connectivity index (χ4v) is 2.90. The molecule has 0 aromatic carbocycles. The van der Waals surface area contributed by atoms with E-state index in [4.69, 9.17) is 9.52 Å². The molecular formula is C10H13NO7S. The minimum absolute atomic E-state index is 0.0246. The molecule has 0 spiro atoms. The second kappa shape index (κ2) is 5.41. The zero-order valence-corrected chi connectivity index (χ0v) is 11.3. The van der Waals surface area contributed by atoms with Gasteiger partial charge in [0.05, 0.1) is 7.11 Å². The van der Waals surface area contributed by atoms with Crippen molar-refractivity contribution >= 4 is 22.0 Å². The predicted molar refractivity (Wildman–Crippen MR) is 62.3 cm³/mol. The highest BCUT2D eigenvalue weighted by Crippen LogP contribution is 2.26. The lowest BCUT2D eigenvalue weighted by Crippen LogP contribution is -2.31. The van der Waals surface area contributed by atoms with Crippen LogP contribution < -0.4 is 4.72 Å². The molecule has 0 aliphatic heterocycles. The molecule has 1 heterocycles. The molecule has 0 saturated heterocycles. The monoisotopic (exact) mass is 291 g/mol. The lowest BCUT2D eigenvalue weighted by Gasteiger charge is -2.05.